The summed E-state index contributed by atoms with van der Waals surface area (Å²) >= 11 is 1.38. The molecule has 9 heteroatoms. The predicted molar refractivity (Wildman–Crippen MR) is 78.7 cm³/mol. The number of carboxylic acid groups (broad SMARTS) is 1. The van der Waals surface area contributed by atoms with Crippen molar-refractivity contribution < 1.29 is 25.3 Å². The van der Waals surface area contributed by atoms with Crippen LogP contribution in [0.4, 0.5) is 0 Å². The Morgan fingerprint density at radius 3 is 2.86 bits per heavy atom. The summed E-state index contributed by atoms with van der Waals surface area (Å²) in [5.74, 6) is -1.30. The number of nitrogens with zero attached hydrogens (tertiary/aromatic N) is 2. The lowest BCUT2D eigenvalue weighted by atomic mass is 9.83. The molecule has 0 radical (unpaired) electrons. The van der Waals surface area contributed by atoms with Gasteiger partial charge in [0.1, 0.15) is 5.70 Å². The molecule has 1 saturated heterocycles. The number of aliphatic hydroxyl groups is 1. The SMILES string of the molecule is CC(O)[C@@H]1C(=O)N2C(C(=O)O)=C(SCCN=CN)C[C@H]12.O. The molecule has 1 amide bonds. The van der Waals surface area contributed by atoms with E-state index in [4.69, 9.17) is 5.73 Å². The maximum Gasteiger partial charge on any atom is 0.353 e. The van der Waals surface area contributed by atoms with E-state index >= 15 is 0 Å². The number of aliphatic hydroxyl groups excluding tert-OH is 1. The number of aliphatic carboxylic acids is 1. The Labute approximate surface area is 126 Å². The van der Waals surface area contributed by atoms with Gasteiger partial charge >= 0.3 is 5.97 Å². The standard InChI is InChI=1S/C12H17N3O4S.H2O/c1-6(16)9-7-4-8(20-3-2-14-5-13)10(12(18)19)15(7)11(9)17;/h5-7,9,16H,2-4H2,1H3,(H2,13,14)(H,18,19);1H2/t6?,7-,9+;/m1./s1. The van der Waals surface area contributed by atoms with Gasteiger partial charge in [-0.2, -0.15) is 0 Å². The van der Waals surface area contributed by atoms with Gasteiger partial charge in [-0.1, -0.05) is 0 Å². The lowest BCUT2D eigenvalue weighted by Gasteiger charge is -2.44. The summed E-state index contributed by atoms with van der Waals surface area (Å²) < 4.78 is 0. The number of fused-ring (bicyclic) bond motifs is 1. The van der Waals surface area contributed by atoms with Crippen molar-refractivity contribution in [3.05, 3.63) is 10.6 Å². The number of hydrogen-bond acceptors (Lipinski definition) is 5. The maximum atomic E-state index is 11.9. The molecule has 1 unspecified atom stereocenters. The highest BCUT2D eigenvalue weighted by Crippen LogP contribution is 2.46. The fourth-order valence-corrected chi connectivity index (χ4v) is 3.71. The average molecular weight is 317 g/mol. The van der Waals surface area contributed by atoms with Gasteiger partial charge in [-0.05, 0) is 6.92 Å². The molecular weight excluding hydrogens is 298 g/mol. The lowest BCUT2D eigenvalue weighted by molar-refractivity contribution is -0.161. The Morgan fingerprint density at radius 2 is 2.33 bits per heavy atom. The van der Waals surface area contributed by atoms with Gasteiger partial charge < -0.3 is 26.3 Å². The van der Waals surface area contributed by atoms with Crippen LogP contribution in [-0.2, 0) is 9.59 Å². The van der Waals surface area contributed by atoms with Gasteiger partial charge in [0.25, 0.3) is 0 Å². The number of carbonyl (C=O) groups excluding carboxylic acids is 1. The third-order valence-corrected chi connectivity index (χ3v) is 4.59. The van der Waals surface area contributed by atoms with Crippen LogP contribution in [-0.4, -0.2) is 63.2 Å². The summed E-state index contributed by atoms with van der Waals surface area (Å²) in [5, 5.41) is 18.9. The number of thioether (sulfide) groups is 1. The minimum Gasteiger partial charge on any atom is -0.477 e. The van der Waals surface area contributed by atoms with E-state index < -0.39 is 18.0 Å². The second kappa shape index (κ2) is 6.92. The van der Waals surface area contributed by atoms with Crippen molar-refractivity contribution >= 4 is 30.0 Å². The van der Waals surface area contributed by atoms with Gasteiger partial charge in [0.05, 0.1) is 30.9 Å². The van der Waals surface area contributed by atoms with E-state index in [1.165, 1.54) is 23.0 Å². The molecule has 1 fully saturated rings. The smallest absolute Gasteiger partial charge is 0.353 e. The van der Waals surface area contributed by atoms with E-state index in [2.05, 4.69) is 4.99 Å². The Bertz CT molecular complexity index is 491. The van der Waals surface area contributed by atoms with Crippen LogP contribution in [0.5, 0.6) is 0 Å². The van der Waals surface area contributed by atoms with Crippen molar-refractivity contribution in [2.45, 2.75) is 25.5 Å². The number of carboxylic acids is 1. The second-order valence-electron chi connectivity index (χ2n) is 4.73. The van der Waals surface area contributed by atoms with E-state index in [-0.39, 0.29) is 23.1 Å². The first-order valence-corrected chi connectivity index (χ1v) is 7.28. The van der Waals surface area contributed by atoms with Gasteiger partial charge in [0, 0.05) is 17.1 Å². The second-order valence-corrected chi connectivity index (χ2v) is 5.92. The number of β-lactam (4-membered cyclic amide) rings is 1. The van der Waals surface area contributed by atoms with Crippen LogP contribution in [0.15, 0.2) is 15.6 Å². The number of hydrogen-bond donors (Lipinski definition) is 3. The minimum absolute atomic E-state index is 0. The lowest BCUT2D eigenvalue weighted by Crippen LogP contribution is -2.61. The summed E-state index contributed by atoms with van der Waals surface area (Å²) in [7, 11) is 0. The number of aliphatic imine (C=N–C) groups is 1. The molecule has 6 N–H and O–H groups in total. The summed E-state index contributed by atoms with van der Waals surface area (Å²) in [4.78, 5) is 29.1. The minimum atomic E-state index is -1.10. The van der Waals surface area contributed by atoms with Crippen molar-refractivity contribution in [1.82, 2.24) is 4.90 Å². The van der Waals surface area contributed by atoms with Crippen molar-refractivity contribution in [1.29, 1.82) is 0 Å². The molecule has 2 heterocycles. The highest BCUT2D eigenvalue weighted by Gasteiger charge is 2.56. The Hall–Kier alpha value is -1.58. The number of amides is 1. The van der Waals surface area contributed by atoms with E-state index in [1.807, 2.05) is 0 Å². The van der Waals surface area contributed by atoms with Gasteiger partial charge in [-0.3, -0.25) is 9.79 Å². The molecule has 2 aliphatic rings. The average Bonchev–Trinajstić information content (AvgIpc) is 2.69. The summed E-state index contributed by atoms with van der Waals surface area (Å²) in [6.07, 6.45) is 0.937. The molecule has 2 aliphatic heterocycles. The normalized spacial score (nSPS) is 25.6. The fraction of sp³-hybridized carbons (Fsp3) is 0.583. The third-order valence-electron chi connectivity index (χ3n) is 3.49. The molecule has 0 aromatic rings. The van der Waals surface area contributed by atoms with Crippen LogP contribution in [0.3, 0.4) is 0 Å². The van der Waals surface area contributed by atoms with Gasteiger partial charge in [-0.15, -0.1) is 11.8 Å². The van der Waals surface area contributed by atoms with Crippen LogP contribution >= 0.6 is 11.8 Å². The van der Waals surface area contributed by atoms with Crippen molar-refractivity contribution in [2.24, 2.45) is 16.6 Å². The van der Waals surface area contributed by atoms with Crippen molar-refractivity contribution in [3.8, 4) is 0 Å². The van der Waals surface area contributed by atoms with Crippen LogP contribution in [0, 0.1) is 5.92 Å². The van der Waals surface area contributed by atoms with Crippen molar-refractivity contribution in [3.63, 3.8) is 0 Å². The molecule has 0 aromatic heterocycles. The highest BCUT2D eigenvalue weighted by atomic mass is 32.2. The first-order chi connectivity index (χ1) is 9.49. The van der Waals surface area contributed by atoms with E-state index in [9.17, 15) is 19.8 Å². The van der Waals surface area contributed by atoms with Gasteiger partial charge in [-0.25, -0.2) is 4.79 Å². The third kappa shape index (κ3) is 3.04. The molecule has 21 heavy (non-hydrogen) atoms. The molecule has 0 aromatic carbocycles. The van der Waals surface area contributed by atoms with E-state index in [0.29, 0.717) is 23.6 Å². The maximum absolute atomic E-state index is 11.9. The van der Waals surface area contributed by atoms with Crippen LogP contribution in [0.1, 0.15) is 13.3 Å². The zero-order chi connectivity index (χ0) is 14.9. The first kappa shape index (κ1) is 17.5. The number of carbonyl (C=O) groups is 2. The Morgan fingerprint density at radius 1 is 1.67 bits per heavy atom. The Kier molecular flexibility index (Phi) is 5.76. The van der Waals surface area contributed by atoms with Gasteiger partial charge in [0.15, 0.2) is 0 Å². The number of rotatable bonds is 6. The molecule has 0 bridgehead atoms. The molecule has 3 atom stereocenters. The molecular formula is C12H19N3O5S. The zero-order valence-corrected chi connectivity index (χ0v) is 12.3. The molecule has 118 valence electrons. The number of nitrogens with two attached hydrogens (primary N) is 1. The summed E-state index contributed by atoms with van der Waals surface area (Å²) in [6.45, 7) is 2.05. The summed E-state index contributed by atoms with van der Waals surface area (Å²) in [5.41, 5.74) is 5.19. The van der Waals surface area contributed by atoms with Crippen LogP contribution < -0.4 is 5.73 Å². The zero-order valence-electron chi connectivity index (χ0n) is 11.5. The van der Waals surface area contributed by atoms with Crippen LogP contribution in [0.2, 0.25) is 0 Å². The Balaban J connectivity index is 0.00000220. The topological polar surface area (TPSA) is 148 Å². The molecule has 0 saturated carbocycles. The predicted octanol–water partition coefficient (Wildman–Crippen LogP) is -1.21. The first-order valence-electron chi connectivity index (χ1n) is 6.29. The fourth-order valence-electron chi connectivity index (χ4n) is 2.66. The van der Waals surface area contributed by atoms with Gasteiger partial charge in [0.2, 0.25) is 5.91 Å². The monoisotopic (exact) mass is 317 g/mol. The summed E-state index contributed by atoms with van der Waals surface area (Å²) in [6, 6.07) is -0.228. The van der Waals surface area contributed by atoms with E-state index in [1.54, 1.807) is 6.92 Å². The molecule has 2 rings (SSSR count). The molecule has 0 spiro atoms. The quantitative estimate of drug-likeness (QED) is 0.242. The molecule has 8 nitrogen and oxygen atoms in total. The largest absolute Gasteiger partial charge is 0.477 e. The van der Waals surface area contributed by atoms with Crippen LogP contribution in [0.25, 0.3) is 0 Å². The molecule has 0 aliphatic carbocycles. The highest BCUT2D eigenvalue weighted by molar-refractivity contribution is 8.03. The van der Waals surface area contributed by atoms with E-state index in [0.717, 1.165) is 0 Å². The van der Waals surface area contributed by atoms with Crippen molar-refractivity contribution in [2.75, 3.05) is 12.3 Å².